The van der Waals surface area contributed by atoms with E-state index < -0.39 is 0 Å². The van der Waals surface area contributed by atoms with Crippen LogP contribution in [0.2, 0.25) is 0 Å². The van der Waals surface area contributed by atoms with Crippen molar-refractivity contribution < 1.29 is 0 Å². The first-order valence-electron chi connectivity index (χ1n) is 11.0. The third-order valence-corrected chi connectivity index (χ3v) is 5.77. The second-order valence-electron chi connectivity index (χ2n) is 7.85. The first-order valence-corrected chi connectivity index (χ1v) is 11.0. The highest BCUT2D eigenvalue weighted by Gasteiger charge is 2.43. The molecule has 1 aliphatic rings. The van der Waals surface area contributed by atoms with E-state index >= 15 is 0 Å². The average molecular weight is 415 g/mol. The second kappa shape index (κ2) is 9.40. The molecule has 0 N–H and O–H groups in total. The van der Waals surface area contributed by atoms with Crippen LogP contribution in [0.1, 0.15) is 11.1 Å². The molecule has 0 bridgehead atoms. The van der Waals surface area contributed by atoms with Gasteiger partial charge in [0, 0.05) is 11.4 Å². The van der Waals surface area contributed by atoms with Crippen LogP contribution < -0.4 is 9.80 Å². The topological polar surface area (TPSA) is 6.48 Å². The molecule has 0 atom stereocenters. The molecule has 1 aliphatic heterocycles. The Balaban J connectivity index is 1.54. The lowest BCUT2D eigenvalue weighted by atomic mass is 10.0. The van der Waals surface area contributed by atoms with Gasteiger partial charge in [0.25, 0.3) is 0 Å². The van der Waals surface area contributed by atoms with Crippen molar-refractivity contribution >= 4 is 23.5 Å². The normalized spacial score (nSPS) is 18.2. The zero-order valence-electron chi connectivity index (χ0n) is 17.9. The van der Waals surface area contributed by atoms with Gasteiger partial charge in [-0.3, -0.25) is 0 Å². The Hall–Kier alpha value is -4.04. The van der Waals surface area contributed by atoms with E-state index in [9.17, 15) is 0 Å². The fraction of sp³-hybridized carbons (Fsp3) is 0.0667. The van der Waals surface area contributed by atoms with Crippen LogP contribution in [-0.2, 0) is 0 Å². The Bertz CT molecular complexity index is 1060. The summed E-state index contributed by atoms with van der Waals surface area (Å²) in [6.45, 7) is 0. The van der Waals surface area contributed by atoms with E-state index in [1.807, 2.05) is 0 Å². The van der Waals surface area contributed by atoms with Gasteiger partial charge in [-0.25, -0.2) is 0 Å². The highest BCUT2D eigenvalue weighted by atomic mass is 15.6. The summed E-state index contributed by atoms with van der Waals surface area (Å²) in [5, 5.41) is 0. The lowest BCUT2D eigenvalue weighted by molar-refractivity contribution is 0.444. The van der Waals surface area contributed by atoms with Crippen LogP contribution in [0, 0.1) is 0 Å². The molecule has 2 heteroatoms. The van der Waals surface area contributed by atoms with Gasteiger partial charge in [0.15, 0.2) is 0 Å². The number of anilines is 2. The first-order chi connectivity index (χ1) is 15.9. The largest absolute Gasteiger partial charge is 0.324 e. The summed E-state index contributed by atoms with van der Waals surface area (Å²) in [6, 6.07) is 42.3. The van der Waals surface area contributed by atoms with Crippen molar-refractivity contribution in [3.63, 3.8) is 0 Å². The van der Waals surface area contributed by atoms with Crippen molar-refractivity contribution in [1.29, 1.82) is 0 Å². The maximum atomic E-state index is 2.46. The minimum Gasteiger partial charge on any atom is -0.324 e. The van der Waals surface area contributed by atoms with Crippen molar-refractivity contribution in [3.8, 4) is 0 Å². The molecule has 2 nitrogen and oxygen atoms in total. The van der Waals surface area contributed by atoms with Crippen LogP contribution in [0.4, 0.5) is 11.4 Å². The number of hydrogen-bond acceptors (Lipinski definition) is 2. The third-order valence-electron chi connectivity index (χ3n) is 5.77. The minimum absolute atomic E-state index is 0.116. The zero-order valence-corrected chi connectivity index (χ0v) is 17.9. The average Bonchev–Trinajstić information content (AvgIpc) is 2.86. The summed E-state index contributed by atoms with van der Waals surface area (Å²) >= 11 is 0. The van der Waals surface area contributed by atoms with Crippen LogP contribution in [0.15, 0.2) is 133 Å². The van der Waals surface area contributed by atoms with Crippen LogP contribution in [-0.4, -0.2) is 12.3 Å². The van der Waals surface area contributed by atoms with Gasteiger partial charge in [-0.1, -0.05) is 109 Å². The minimum atomic E-state index is 0.116. The standard InChI is InChI=1S/C30H26N2/c1-5-13-25(14-6-1)21-23-29-31(27-17-9-3-10-18-27)30(24-22-26-15-7-2-8-16-26)32(29)28-19-11-4-12-20-28/h1-24,29-30H/b23-21+,24-22+. The fourth-order valence-corrected chi connectivity index (χ4v) is 4.22. The van der Waals surface area contributed by atoms with Gasteiger partial charge in [0.2, 0.25) is 0 Å². The van der Waals surface area contributed by atoms with E-state index in [-0.39, 0.29) is 12.3 Å². The van der Waals surface area contributed by atoms with Gasteiger partial charge in [0.05, 0.1) is 0 Å². The second-order valence-corrected chi connectivity index (χ2v) is 7.85. The quantitative estimate of drug-likeness (QED) is 0.332. The number of rotatable bonds is 6. The highest BCUT2D eigenvalue weighted by Crippen LogP contribution is 2.38. The molecule has 4 aromatic rings. The molecule has 0 amide bonds. The van der Waals surface area contributed by atoms with Crippen molar-refractivity contribution in [2.24, 2.45) is 0 Å². The van der Waals surface area contributed by atoms with E-state index in [0.29, 0.717) is 0 Å². The summed E-state index contributed by atoms with van der Waals surface area (Å²) in [4.78, 5) is 4.93. The van der Waals surface area contributed by atoms with E-state index in [1.54, 1.807) is 0 Å². The van der Waals surface area contributed by atoms with Crippen molar-refractivity contribution in [3.05, 3.63) is 145 Å². The SMILES string of the molecule is C(=C\C1N(c2ccccc2)C(/C=C/c2ccccc2)N1c1ccccc1)/c1ccccc1. The fourth-order valence-electron chi connectivity index (χ4n) is 4.22. The molecule has 0 unspecified atom stereocenters. The number of para-hydroxylation sites is 2. The maximum Gasteiger partial charge on any atom is 0.125 e. The molecule has 1 heterocycles. The van der Waals surface area contributed by atoms with Crippen molar-refractivity contribution in [2.45, 2.75) is 12.3 Å². The highest BCUT2D eigenvalue weighted by molar-refractivity contribution is 5.69. The van der Waals surface area contributed by atoms with Crippen molar-refractivity contribution in [2.75, 3.05) is 9.80 Å². The summed E-state index contributed by atoms with van der Waals surface area (Å²) in [7, 11) is 0. The zero-order chi connectivity index (χ0) is 21.6. The van der Waals surface area contributed by atoms with Gasteiger partial charge in [0.1, 0.15) is 12.3 Å². The van der Waals surface area contributed by atoms with Crippen LogP contribution in [0.25, 0.3) is 12.2 Å². The molecule has 0 aromatic heterocycles. The van der Waals surface area contributed by atoms with Crippen LogP contribution in [0.3, 0.4) is 0 Å². The van der Waals surface area contributed by atoms with E-state index in [4.69, 9.17) is 0 Å². The molecule has 1 saturated heterocycles. The monoisotopic (exact) mass is 414 g/mol. The lowest BCUT2D eigenvalue weighted by Crippen LogP contribution is -2.70. The third kappa shape index (κ3) is 4.21. The molecule has 156 valence electrons. The summed E-state index contributed by atoms with van der Waals surface area (Å²) in [5.74, 6) is 0. The van der Waals surface area contributed by atoms with Gasteiger partial charge < -0.3 is 9.80 Å². The van der Waals surface area contributed by atoms with Crippen LogP contribution >= 0.6 is 0 Å². The van der Waals surface area contributed by atoms with Crippen LogP contribution in [0.5, 0.6) is 0 Å². The number of hydrogen-bond donors (Lipinski definition) is 0. The lowest BCUT2D eigenvalue weighted by Gasteiger charge is -2.58. The Morgan fingerprint density at radius 1 is 0.406 bits per heavy atom. The molecule has 0 aliphatic carbocycles. The van der Waals surface area contributed by atoms with Gasteiger partial charge in [-0.15, -0.1) is 0 Å². The van der Waals surface area contributed by atoms with E-state index in [1.165, 1.54) is 22.5 Å². The first kappa shape index (κ1) is 19.9. The Morgan fingerprint density at radius 3 is 1.06 bits per heavy atom. The molecule has 1 fully saturated rings. The Labute approximate surface area is 190 Å². The van der Waals surface area contributed by atoms with E-state index in [2.05, 4.69) is 155 Å². The van der Waals surface area contributed by atoms with Crippen molar-refractivity contribution in [1.82, 2.24) is 0 Å². The maximum absolute atomic E-state index is 2.46. The predicted octanol–water partition coefficient (Wildman–Crippen LogP) is 7.09. The number of benzene rings is 4. The van der Waals surface area contributed by atoms with Gasteiger partial charge in [-0.05, 0) is 47.5 Å². The molecule has 4 aromatic carbocycles. The summed E-state index contributed by atoms with van der Waals surface area (Å²) in [6.07, 6.45) is 9.25. The summed E-state index contributed by atoms with van der Waals surface area (Å²) < 4.78 is 0. The molecule has 0 spiro atoms. The predicted molar refractivity (Wildman–Crippen MR) is 136 cm³/mol. The summed E-state index contributed by atoms with van der Waals surface area (Å²) in [5.41, 5.74) is 4.84. The molecule has 32 heavy (non-hydrogen) atoms. The smallest absolute Gasteiger partial charge is 0.125 e. The molecule has 0 saturated carbocycles. The molecular weight excluding hydrogens is 388 g/mol. The molecular formula is C30H26N2. The Kier molecular flexibility index (Phi) is 5.85. The molecule has 0 radical (unpaired) electrons. The number of nitrogens with zero attached hydrogens (tertiary/aromatic N) is 2. The molecule has 5 rings (SSSR count). The Morgan fingerprint density at radius 2 is 0.719 bits per heavy atom. The van der Waals surface area contributed by atoms with Gasteiger partial charge in [-0.2, -0.15) is 0 Å². The van der Waals surface area contributed by atoms with Gasteiger partial charge >= 0.3 is 0 Å². The van der Waals surface area contributed by atoms with E-state index in [0.717, 1.165) is 0 Å².